The van der Waals surface area contributed by atoms with Crippen molar-refractivity contribution in [3.63, 3.8) is 0 Å². The highest BCUT2D eigenvalue weighted by atomic mass is 35.5. The van der Waals surface area contributed by atoms with Crippen molar-refractivity contribution in [2.75, 3.05) is 11.9 Å². The van der Waals surface area contributed by atoms with Gasteiger partial charge in [-0.1, -0.05) is 35.3 Å². The van der Waals surface area contributed by atoms with Crippen LogP contribution in [-0.4, -0.2) is 16.6 Å². The molecule has 1 aromatic heterocycles. The van der Waals surface area contributed by atoms with Gasteiger partial charge in [-0.2, -0.15) is 0 Å². The van der Waals surface area contributed by atoms with Crippen LogP contribution in [0.5, 0.6) is 5.75 Å². The Labute approximate surface area is 127 Å². The van der Waals surface area contributed by atoms with Gasteiger partial charge in [-0.25, -0.2) is 4.98 Å². The molecule has 0 amide bonds. The van der Waals surface area contributed by atoms with Crippen LogP contribution in [0.4, 0.5) is 5.82 Å². The Bertz CT molecular complexity index is 621. The third kappa shape index (κ3) is 2.81. The number of rotatable bonds is 2. The van der Waals surface area contributed by atoms with E-state index in [2.05, 4.69) is 15.3 Å². The average Bonchev–Trinajstić information content (AvgIpc) is 2.63. The van der Waals surface area contributed by atoms with Crippen LogP contribution in [-0.2, 0) is 0 Å². The Morgan fingerprint density at radius 3 is 3.00 bits per heavy atom. The Morgan fingerprint density at radius 2 is 2.15 bits per heavy atom. The molecule has 2 heterocycles. The predicted molar refractivity (Wildman–Crippen MR) is 79.6 cm³/mol. The van der Waals surface area contributed by atoms with Crippen molar-refractivity contribution >= 4 is 29.0 Å². The molecule has 0 spiro atoms. The van der Waals surface area contributed by atoms with Gasteiger partial charge in [0.15, 0.2) is 0 Å². The number of aromatic nitrogens is 2. The summed E-state index contributed by atoms with van der Waals surface area (Å²) in [5.41, 5.74) is 1.04. The van der Waals surface area contributed by atoms with Gasteiger partial charge in [0.25, 0.3) is 0 Å². The van der Waals surface area contributed by atoms with E-state index in [1.807, 2.05) is 18.2 Å². The molecule has 0 radical (unpaired) electrons. The third-order valence-electron chi connectivity index (χ3n) is 3.18. The molecule has 1 unspecified atom stereocenters. The summed E-state index contributed by atoms with van der Waals surface area (Å²) >= 11 is 12.1. The van der Waals surface area contributed by atoms with Gasteiger partial charge in [-0.3, -0.25) is 4.98 Å². The van der Waals surface area contributed by atoms with E-state index < -0.39 is 0 Å². The molecule has 1 aromatic carbocycles. The van der Waals surface area contributed by atoms with Gasteiger partial charge < -0.3 is 10.1 Å². The first-order chi connectivity index (χ1) is 9.74. The smallest absolute Gasteiger partial charge is 0.149 e. The zero-order valence-electron chi connectivity index (χ0n) is 10.6. The maximum Gasteiger partial charge on any atom is 0.149 e. The van der Waals surface area contributed by atoms with Crippen LogP contribution >= 0.6 is 23.2 Å². The van der Waals surface area contributed by atoms with Gasteiger partial charge in [-0.15, -0.1) is 0 Å². The van der Waals surface area contributed by atoms with Gasteiger partial charge in [0.2, 0.25) is 0 Å². The fourth-order valence-electron chi connectivity index (χ4n) is 2.31. The van der Waals surface area contributed by atoms with Crippen LogP contribution in [0.1, 0.15) is 24.4 Å². The number of benzene rings is 1. The fourth-order valence-corrected chi connectivity index (χ4v) is 2.69. The quantitative estimate of drug-likeness (QED) is 0.907. The van der Waals surface area contributed by atoms with Gasteiger partial charge in [-0.05, 0) is 18.9 Å². The molecule has 0 saturated carbocycles. The van der Waals surface area contributed by atoms with E-state index in [0.717, 1.165) is 24.2 Å². The number of para-hydroxylation sites is 1. The lowest BCUT2D eigenvalue weighted by molar-refractivity contribution is 0.316. The third-order valence-corrected chi connectivity index (χ3v) is 3.66. The zero-order valence-corrected chi connectivity index (χ0v) is 12.2. The summed E-state index contributed by atoms with van der Waals surface area (Å²) in [4.78, 5) is 8.24. The first kappa shape index (κ1) is 13.5. The Balaban J connectivity index is 1.92. The van der Waals surface area contributed by atoms with Gasteiger partial charge >= 0.3 is 0 Å². The SMILES string of the molecule is Clc1cncc(NC2CCCOc3c(Cl)cccc32)n1. The molecule has 104 valence electrons. The summed E-state index contributed by atoms with van der Waals surface area (Å²) in [6.07, 6.45) is 5.04. The molecule has 3 rings (SSSR count). The fraction of sp³-hybridized carbons (Fsp3) is 0.286. The largest absolute Gasteiger partial charge is 0.492 e. The number of nitrogens with zero attached hydrogens (tertiary/aromatic N) is 2. The summed E-state index contributed by atoms with van der Waals surface area (Å²) < 4.78 is 5.74. The van der Waals surface area contributed by atoms with Crippen LogP contribution in [0, 0.1) is 0 Å². The molecule has 6 heteroatoms. The van der Waals surface area contributed by atoms with Crippen LogP contribution in [0.3, 0.4) is 0 Å². The maximum atomic E-state index is 6.21. The van der Waals surface area contributed by atoms with E-state index in [0.29, 0.717) is 22.6 Å². The van der Waals surface area contributed by atoms with Crippen molar-refractivity contribution in [3.8, 4) is 5.75 Å². The van der Waals surface area contributed by atoms with Crippen LogP contribution in [0.2, 0.25) is 10.2 Å². The number of hydrogen-bond acceptors (Lipinski definition) is 4. The number of anilines is 1. The lowest BCUT2D eigenvalue weighted by Gasteiger charge is -2.19. The van der Waals surface area contributed by atoms with E-state index in [4.69, 9.17) is 27.9 Å². The molecule has 0 aliphatic carbocycles. The molecule has 20 heavy (non-hydrogen) atoms. The molecule has 1 atom stereocenters. The molecular weight excluding hydrogens is 297 g/mol. The highest BCUT2D eigenvalue weighted by Crippen LogP contribution is 2.38. The van der Waals surface area contributed by atoms with Crippen molar-refractivity contribution < 1.29 is 4.74 Å². The second-order valence-corrected chi connectivity index (χ2v) is 5.37. The van der Waals surface area contributed by atoms with Gasteiger partial charge in [0, 0.05) is 5.56 Å². The number of hydrogen-bond donors (Lipinski definition) is 1. The molecule has 0 saturated heterocycles. The van der Waals surface area contributed by atoms with Crippen molar-refractivity contribution in [3.05, 3.63) is 46.3 Å². The van der Waals surface area contributed by atoms with Crippen LogP contribution in [0.15, 0.2) is 30.6 Å². The van der Waals surface area contributed by atoms with E-state index >= 15 is 0 Å². The molecule has 4 nitrogen and oxygen atoms in total. The number of ether oxygens (including phenoxy) is 1. The lowest BCUT2D eigenvalue weighted by atomic mass is 10.0. The van der Waals surface area contributed by atoms with E-state index in [-0.39, 0.29) is 6.04 Å². The van der Waals surface area contributed by atoms with Crippen LogP contribution < -0.4 is 10.1 Å². The molecule has 2 aromatic rings. The van der Waals surface area contributed by atoms with Crippen molar-refractivity contribution in [2.45, 2.75) is 18.9 Å². The molecule has 1 aliphatic rings. The first-order valence-corrected chi connectivity index (χ1v) is 7.15. The van der Waals surface area contributed by atoms with Crippen LogP contribution in [0.25, 0.3) is 0 Å². The second-order valence-electron chi connectivity index (χ2n) is 4.57. The van der Waals surface area contributed by atoms with Gasteiger partial charge in [0.1, 0.15) is 16.7 Å². The Kier molecular flexibility index (Phi) is 3.94. The molecule has 0 bridgehead atoms. The normalized spacial score (nSPS) is 17.8. The summed E-state index contributed by atoms with van der Waals surface area (Å²) in [6.45, 7) is 0.663. The summed E-state index contributed by atoms with van der Waals surface area (Å²) in [6, 6.07) is 5.86. The Hall–Kier alpha value is -1.52. The minimum Gasteiger partial charge on any atom is -0.492 e. The van der Waals surface area contributed by atoms with Crippen molar-refractivity contribution in [2.24, 2.45) is 0 Å². The van der Waals surface area contributed by atoms with Crippen molar-refractivity contribution in [1.82, 2.24) is 9.97 Å². The van der Waals surface area contributed by atoms with Gasteiger partial charge in [0.05, 0.1) is 30.1 Å². The summed E-state index contributed by atoms with van der Waals surface area (Å²) in [5.74, 6) is 1.40. The molecule has 1 N–H and O–H groups in total. The number of fused-ring (bicyclic) bond motifs is 1. The highest BCUT2D eigenvalue weighted by molar-refractivity contribution is 6.32. The minimum atomic E-state index is 0.0824. The lowest BCUT2D eigenvalue weighted by Crippen LogP contribution is -2.11. The average molecular weight is 310 g/mol. The number of halogens is 2. The second kappa shape index (κ2) is 5.85. The van der Waals surface area contributed by atoms with Crippen molar-refractivity contribution in [1.29, 1.82) is 0 Å². The first-order valence-electron chi connectivity index (χ1n) is 6.39. The predicted octanol–water partition coefficient (Wildman–Crippen LogP) is 4.11. The van der Waals surface area contributed by atoms with E-state index in [1.54, 1.807) is 6.20 Å². The molecular formula is C14H13Cl2N3O. The monoisotopic (exact) mass is 309 g/mol. The topological polar surface area (TPSA) is 47.0 Å². The molecule has 0 fully saturated rings. The number of nitrogens with one attached hydrogen (secondary N) is 1. The summed E-state index contributed by atoms with van der Waals surface area (Å²) in [7, 11) is 0. The zero-order chi connectivity index (χ0) is 13.9. The molecule has 1 aliphatic heterocycles. The minimum absolute atomic E-state index is 0.0824. The highest BCUT2D eigenvalue weighted by Gasteiger charge is 2.21. The van der Waals surface area contributed by atoms with E-state index in [9.17, 15) is 0 Å². The maximum absolute atomic E-state index is 6.21. The van der Waals surface area contributed by atoms with E-state index in [1.165, 1.54) is 6.20 Å². The summed E-state index contributed by atoms with van der Waals surface area (Å²) in [5, 5.41) is 4.35. The Morgan fingerprint density at radius 1 is 1.25 bits per heavy atom. The standard InChI is InChI=1S/C14H13Cl2N3O/c15-10-4-1-3-9-11(5-2-6-20-14(9)10)18-13-8-17-7-12(16)19-13/h1,3-4,7-8,11H,2,5-6H2,(H,18,19).